The minimum Gasteiger partial charge on any atom is -0.372 e. The molecule has 0 unspecified atom stereocenters. The van der Waals surface area contributed by atoms with E-state index in [-0.39, 0.29) is 17.6 Å². The summed E-state index contributed by atoms with van der Waals surface area (Å²) in [7, 11) is 0. The van der Waals surface area contributed by atoms with Crippen LogP contribution in [0, 0.1) is 0 Å². The van der Waals surface area contributed by atoms with E-state index in [1.807, 2.05) is 59.5 Å². The third-order valence-corrected chi connectivity index (χ3v) is 8.36. The van der Waals surface area contributed by atoms with Crippen LogP contribution in [0.2, 0.25) is 0 Å². The van der Waals surface area contributed by atoms with Crippen molar-refractivity contribution in [2.45, 2.75) is 71.3 Å². The molecular weight excluding hydrogens is 494 g/mol. The molecule has 1 aliphatic heterocycles. The monoisotopic (exact) mass is 535 g/mol. The van der Waals surface area contributed by atoms with Gasteiger partial charge in [0.1, 0.15) is 0 Å². The third-order valence-electron chi connectivity index (χ3n) is 8.36. The van der Waals surface area contributed by atoms with Gasteiger partial charge in [-0.1, -0.05) is 74.4 Å². The number of allylic oxidation sites excluding steroid dienone is 1. The molecule has 3 aromatic rings. The zero-order valence-corrected chi connectivity index (χ0v) is 24.0. The number of nitrogens with zero attached hydrogens (tertiary/aromatic N) is 2. The lowest BCUT2D eigenvalue weighted by Crippen LogP contribution is -2.38. The predicted octanol–water partition coefficient (Wildman–Crippen LogP) is 8.01. The summed E-state index contributed by atoms with van der Waals surface area (Å²) < 4.78 is 0. The number of carbonyl (C=O) groups is 2. The van der Waals surface area contributed by atoms with Gasteiger partial charge >= 0.3 is 0 Å². The van der Waals surface area contributed by atoms with E-state index in [0.717, 1.165) is 67.0 Å². The number of hydrogen-bond donors (Lipinski definition) is 1. The second kappa shape index (κ2) is 12.5. The van der Waals surface area contributed by atoms with E-state index < -0.39 is 6.04 Å². The number of unbranched alkanes of at least 4 members (excludes halogenated alkanes) is 2. The average Bonchev–Trinajstić information content (AvgIpc) is 3.13. The molecule has 5 nitrogen and oxygen atoms in total. The Kier molecular flexibility index (Phi) is 8.69. The predicted molar refractivity (Wildman–Crippen MR) is 165 cm³/mol. The second-order valence-corrected chi connectivity index (χ2v) is 10.9. The zero-order chi connectivity index (χ0) is 28.1. The lowest BCUT2D eigenvalue weighted by molar-refractivity contribution is -0.119. The normalized spacial score (nSPS) is 18.5. The fourth-order valence-electron chi connectivity index (χ4n) is 6.24. The molecule has 5 rings (SSSR count). The Morgan fingerprint density at radius 1 is 0.850 bits per heavy atom. The van der Waals surface area contributed by atoms with Gasteiger partial charge in [0.15, 0.2) is 5.78 Å². The van der Waals surface area contributed by atoms with Gasteiger partial charge in [-0.25, -0.2) is 0 Å². The number of Topliss-reactive ketones (excluding diaryl/α,β-unsaturated/α-hetero) is 1. The molecule has 0 fully saturated rings. The lowest BCUT2D eigenvalue weighted by atomic mass is 9.78. The molecule has 40 heavy (non-hydrogen) atoms. The summed E-state index contributed by atoms with van der Waals surface area (Å²) in [6.07, 6.45) is 4.53. The first-order chi connectivity index (χ1) is 19.5. The van der Waals surface area contributed by atoms with Crippen LogP contribution in [0.5, 0.6) is 0 Å². The van der Waals surface area contributed by atoms with E-state index in [1.54, 1.807) is 0 Å². The van der Waals surface area contributed by atoms with Crippen molar-refractivity contribution in [1.82, 2.24) is 0 Å². The van der Waals surface area contributed by atoms with Crippen LogP contribution in [-0.4, -0.2) is 24.8 Å². The Hall–Kier alpha value is -3.86. The molecule has 1 amide bonds. The Balaban J connectivity index is 1.57. The van der Waals surface area contributed by atoms with Gasteiger partial charge in [0.25, 0.3) is 0 Å². The van der Waals surface area contributed by atoms with Crippen molar-refractivity contribution < 1.29 is 9.59 Å². The quantitative estimate of drug-likeness (QED) is 0.282. The van der Waals surface area contributed by atoms with Gasteiger partial charge in [-0.15, -0.1) is 0 Å². The van der Waals surface area contributed by atoms with Gasteiger partial charge in [-0.3, -0.25) is 14.5 Å². The maximum absolute atomic E-state index is 14.2. The number of benzene rings is 3. The molecule has 1 N–H and O–H groups in total. The minimum atomic E-state index is -0.458. The Labute approximate surface area is 238 Å². The molecule has 2 atom stereocenters. The number of para-hydroxylation sites is 2. The summed E-state index contributed by atoms with van der Waals surface area (Å²) in [5.41, 5.74) is 6.72. The number of ketones is 1. The first kappa shape index (κ1) is 27.7. The number of rotatable bonds is 9. The second-order valence-electron chi connectivity index (χ2n) is 10.9. The molecule has 1 aliphatic carbocycles. The first-order valence-electron chi connectivity index (χ1n) is 14.9. The van der Waals surface area contributed by atoms with Gasteiger partial charge < -0.3 is 10.2 Å². The number of anilines is 3. The summed E-state index contributed by atoms with van der Waals surface area (Å²) in [4.78, 5) is 32.3. The van der Waals surface area contributed by atoms with Crippen molar-refractivity contribution in [2.24, 2.45) is 0 Å². The van der Waals surface area contributed by atoms with Gasteiger partial charge in [0, 0.05) is 42.9 Å². The molecular formula is C35H41N3O2. The van der Waals surface area contributed by atoms with Crippen molar-refractivity contribution in [3.8, 4) is 0 Å². The standard InChI is InChI=1S/C35H41N3O2/c1-4-7-9-18-33(40)38-31-17-13-12-16-29(31)36-30-23-27(25-19-21-28(22-20-25)37(5-2)6-3)24-32(39)34(30)35(38)26-14-10-8-11-15-26/h8,10-17,19-22,27,35-36H,4-7,9,18,23-24H2,1-3H3/t27-,35+/m0/s1. The number of carbonyl (C=O) groups excluding carboxylic acids is 2. The highest BCUT2D eigenvalue weighted by Gasteiger charge is 2.41. The lowest BCUT2D eigenvalue weighted by Gasteiger charge is -2.35. The van der Waals surface area contributed by atoms with Crippen LogP contribution in [0.4, 0.5) is 17.1 Å². The zero-order valence-electron chi connectivity index (χ0n) is 24.0. The van der Waals surface area contributed by atoms with E-state index in [2.05, 4.69) is 55.3 Å². The van der Waals surface area contributed by atoms with Crippen molar-refractivity contribution in [3.63, 3.8) is 0 Å². The summed E-state index contributed by atoms with van der Waals surface area (Å²) in [6.45, 7) is 8.41. The van der Waals surface area contributed by atoms with E-state index >= 15 is 0 Å². The summed E-state index contributed by atoms with van der Waals surface area (Å²) in [6, 6.07) is 26.3. The molecule has 0 radical (unpaired) electrons. The Morgan fingerprint density at radius 3 is 2.25 bits per heavy atom. The molecule has 0 saturated carbocycles. The average molecular weight is 536 g/mol. The fourth-order valence-corrected chi connectivity index (χ4v) is 6.24. The smallest absolute Gasteiger partial charge is 0.227 e. The van der Waals surface area contributed by atoms with Crippen molar-refractivity contribution in [3.05, 3.63) is 101 Å². The minimum absolute atomic E-state index is 0.0622. The molecule has 208 valence electrons. The summed E-state index contributed by atoms with van der Waals surface area (Å²) in [5.74, 6) is 0.256. The molecule has 0 aromatic heterocycles. The van der Waals surface area contributed by atoms with Crippen LogP contribution in [-0.2, 0) is 9.59 Å². The highest BCUT2D eigenvalue weighted by Crippen LogP contribution is 2.47. The Morgan fingerprint density at radius 2 is 1.55 bits per heavy atom. The van der Waals surface area contributed by atoms with Crippen LogP contribution >= 0.6 is 0 Å². The Bertz CT molecular complexity index is 1360. The number of amides is 1. The summed E-state index contributed by atoms with van der Waals surface area (Å²) in [5, 5.41) is 3.65. The van der Waals surface area contributed by atoms with Crippen LogP contribution < -0.4 is 15.1 Å². The molecule has 0 bridgehead atoms. The molecule has 0 spiro atoms. The topological polar surface area (TPSA) is 52.7 Å². The van der Waals surface area contributed by atoms with E-state index in [1.165, 1.54) is 11.3 Å². The van der Waals surface area contributed by atoms with Gasteiger partial charge in [0.2, 0.25) is 5.91 Å². The SMILES string of the molecule is CCCCCC(=O)N1c2ccccc2NC2=C(C(=O)C[C@@H](c3ccc(N(CC)CC)cc3)C2)[C@H]1c1ccccc1. The van der Waals surface area contributed by atoms with Crippen LogP contribution in [0.1, 0.15) is 82.4 Å². The van der Waals surface area contributed by atoms with Crippen molar-refractivity contribution in [1.29, 1.82) is 0 Å². The number of hydrogen-bond acceptors (Lipinski definition) is 4. The highest BCUT2D eigenvalue weighted by molar-refractivity contribution is 6.06. The summed E-state index contributed by atoms with van der Waals surface area (Å²) >= 11 is 0. The number of nitrogens with one attached hydrogen (secondary N) is 1. The van der Waals surface area contributed by atoms with Crippen LogP contribution in [0.25, 0.3) is 0 Å². The van der Waals surface area contributed by atoms with Crippen LogP contribution in [0.3, 0.4) is 0 Å². The molecule has 5 heteroatoms. The van der Waals surface area contributed by atoms with Gasteiger partial charge in [-0.2, -0.15) is 0 Å². The highest BCUT2D eigenvalue weighted by atomic mass is 16.2. The maximum atomic E-state index is 14.2. The van der Waals surface area contributed by atoms with Crippen molar-refractivity contribution in [2.75, 3.05) is 28.2 Å². The van der Waals surface area contributed by atoms with E-state index in [9.17, 15) is 9.59 Å². The molecule has 2 aliphatic rings. The molecule has 1 heterocycles. The maximum Gasteiger partial charge on any atom is 0.227 e. The fraction of sp³-hybridized carbons (Fsp3) is 0.371. The third kappa shape index (κ3) is 5.56. The molecule has 0 saturated heterocycles. The molecule has 3 aromatic carbocycles. The van der Waals surface area contributed by atoms with E-state index in [0.29, 0.717) is 12.8 Å². The van der Waals surface area contributed by atoms with Crippen LogP contribution in [0.15, 0.2) is 90.1 Å². The largest absolute Gasteiger partial charge is 0.372 e. The van der Waals surface area contributed by atoms with Crippen molar-refractivity contribution >= 4 is 28.8 Å². The van der Waals surface area contributed by atoms with E-state index in [4.69, 9.17) is 0 Å². The van der Waals surface area contributed by atoms with Gasteiger partial charge in [0.05, 0.1) is 17.4 Å². The first-order valence-corrected chi connectivity index (χ1v) is 14.9. The number of fused-ring (bicyclic) bond motifs is 1. The van der Waals surface area contributed by atoms with Gasteiger partial charge in [-0.05, 0) is 68.0 Å².